The molecule has 0 bridgehead atoms. The highest BCUT2D eigenvalue weighted by molar-refractivity contribution is 6.30. The second-order valence-electron chi connectivity index (χ2n) is 3.77. The summed E-state index contributed by atoms with van der Waals surface area (Å²) in [6, 6.07) is 12.5. The summed E-state index contributed by atoms with van der Waals surface area (Å²) in [5.74, 6) is 0. The molecule has 86 valence electrons. The topological polar surface area (TPSA) is 43.1 Å². The summed E-state index contributed by atoms with van der Waals surface area (Å²) < 4.78 is 0. The highest BCUT2D eigenvalue weighted by atomic mass is 35.5. The Balaban J connectivity index is 2.44. The van der Waals surface area contributed by atoms with Crippen LogP contribution in [0.2, 0.25) is 5.02 Å². The fourth-order valence-corrected chi connectivity index (χ4v) is 1.81. The van der Waals surface area contributed by atoms with E-state index in [2.05, 4.69) is 0 Å². The van der Waals surface area contributed by atoms with Crippen LogP contribution in [-0.4, -0.2) is 4.92 Å². The van der Waals surface area contributed by atoms with Crippen molar-refractivity contribution >= 4 is 17.3 Å². The molecule has 0 atom stereocenters. The van der Waals surface area contributed by atoms with Crippen molar-refractivity contribution in [3.8, 4) is 11.1 Å². The monoisotopic (exact) mass is 247 g/mol. The van der Waals surface area contributed by atoms with Gasteiger partial charge in [0.1, 0.15) is 0 Å². The van der Waals surface area contributed by atoms with Crippen LogP contribution in [0.4, 0.5) is 5.69 Å². The number of hydrogen-bond acceptors (Lipinski definition) is 2. The standard InChI is InChI=1S/C13H10ClNO2/c1-9-8-11(4-7-13(9)15(16)17)10-2-5-12(14)6-3-10/h2-8H,1H3. The molecule has 0 radical (unpaired) electrons. The van der Waals surface area contributed by atoms with E-state index in [9.17, 15) is 10.1 Å². The Bertz CT molecular complexity index is 564. The Labute approximate surface area is 104 Å². The van der Waals surface area contributed by atoms with E-state index in [1.807, 2.05) is 12.1 Å². The number of halogens is 1. The maximum atomic E-state index is 10.7. The summed E-state index contributed by atoms with van der Waals surface area (Å²) >= 11 is 5.81. The van der Waals surface area contributed by atoms with Gasteiger partial charge in [0.15, 0.2) is 0 Å². The summed E-state index contributed by atoms with van der Waals surface area (Å²) in [4.78, 5) is 10.3. The molecule has 0 unspecified atom stereocenters. The average molecular weight is 248 g/mol. The fraction of sp³-hybridized carbons (Fsp3) is 0.0769. The van der Waals surface area contributed by atoms with Crippen molar-refractivity contribution in [1.29, 1.82) is 0 Å². The summed E-state index contributed by atoms with van der Waals surface area (Å²) in [7, 11) is 0. The Kier molecular flexibility index (Phi) is 3.11. The van der Waals surface area contributed by atoms with Crippen LogP contribution < -0.4 is 0 Å². The number of nitro benzene ring substituents is 1. The molecule has 0 amide bonds. The first-order valence-corrected chi connectivity index (χ1v) is 5.47. The SMILES string of the molecule is Cc1cc(-c2ccc(Cl)cc2)ccc1[N+](=O)[O-]. The highest BCUT2D eigenvalue weighted by Gasteiger charge is 2.10. The lowest BCUT2D eigenvalue weighted by Crippen LogP contribution is -1.91. The van der Waals surface area contributed by atoms with Crippen LogP contribution in [-0.2, 0) is 0 Å². The van der Waals surface area contributed by atoms with Gasteiger partial charge >= 0.3 is 0 Å². The lowest BCUT2D eigenvalue weighted by atomic mass is 10.0. The van der Waals surface area contributed by atoms with E-state index in [0.717, 1.165) is 11.1 Å². The molecule has 4 heteroatoms. The van der Waals surface area contributed by atoms with Crippen LogP contribution in [0.15, 0.2) is 42.5 Å². The fourth-order valence-electron chi connectivity index (χ4n) is 1.68. The van der Waals surface area contributed by atoms with E-state index < -0.39 is 0 Å². The Hall–Kier alpha value is -1.87. The maximum absolute atomic E-state index is 10.7. The quantitative estimate of drug-likeness (QED) is 0.589. The third kappa shape index (κ3) is 2.45. The van der Waals surface area contributed by atoms with Gasteiger partial charge in [-0.1, -0.05) is 23.7 Å². The van der Waals surface area contributed by atoms with Crippen LogP contribution in [0.25, 0.3) is 11.1 Å². The minimum Gasteiger partial charge on any atom is -0.258 e. The van der Waals surface area contributed by atoms with E-state index >= 15 is 0 Å². The van der Waals surface area contributed by atoms with Crippen molar-refractivity contribution in [1.82, 2.24) is 0 Å². The number of rotatable bonds is 2. The molecule has 17 heavy (non-hydrogen) atoms. The predicted molar refractivity (Wildman–Crippen MR) is 68.3 cm³/mol. The maximum Gasteiger partial charge on any atom is 0.272 e. The summed E-state index contributed by atoms with van der Waals surface area (Å²) in [6.45, 7) is 1.73. The van der Waals surface area contributed by atoms with Crippen molar-refractivity contribution in [3.05, 3.63) is 63.2 Å². The zero-order valence-electron chi connectivity index (χ0n) is 9.18. The molecule has 2 rings (SSSR count). The molecular weight excluding hydrogens is 238 g/mol. The minimum absolute atomic E-state index is 0.141. The van der Waals surface area contributed by atoms with Crippen molar-refractivity contribution in [3.63, 3.8) is 0 Å². The van der Waals surface area contributed by atoms with Gasteiger partial charge in [-0.05, 0) is 42.3 Å². The molecule has 0 aliphatic carbocycles. The molecule has 2 aromatic rings. The molecule has 0 fully saturated rings. The highest BCUT2D eigenvalue weighted by Crippen LogP contribution is 2.26. The van der Waals surface area contributed by atoms with Gasteiger partial charge in [0.25, 0.3) is 5.69 Å². The van der Waals surface area contributed by atoms with Crippen molar-refractivity contribution in [2.24, 2.45) is 0 Å². The third-order valence-corrected chi connectivity index (χ3v) is 2.82. The van der Waals surface area contributed by atoms with E-state index in [0.29, 0.717) is 10.6 Å². The van der Waals surface area contributed by atoms with Crippen LogP contribution in [0.1, 0.15) is 5.56 Å². The van der Waals surface area contributed by atoms with Gasteiger partial charge in [-0.3, -0.25) is 10.1 Å². The molecule has 3 nitrogen and oxygen atoms in total. The Morgan fingerprint density at radius 2 is 1.65 bits per heavy atom. The van der Waals surface area contributed by atoms with E-state index in [-0.39, 0.29) is 10.6 Å². The van der Waals surface area contributed by atoms with Gasteiger partial charge < -0.3 is 0 Å². The van der Waals surface area contributed by atoms with Gasteiger partial charge in [0.05, 0.1) is 4.92 Å². The number of aryl methyl sites for hydroxylation is 1. The van der Waals surface area contributed by atoms with E-state index in [1.54, 1.807) is 31.2 Å². The molecule has 0 spiro atoms. The Morgan fingerprint density at radius 3 is 2.18 bits per heavy atom. The average Bonchev–Trinajstić information content (AvgIpc) is 2.29. The number of nitrogens with zero attached hydrogens (tertiary/aromatic N) is 1. The van der Waals surface area contributed by atoms with E-state index in [4.69, 9.17) is 11.6 Å². The lowest BCUT2D eigenvalue weighted by molar-refractivity contribution is -0.385. The molecule has 0 aromatic heterocycles. The summed E-state index contributed by atoms with van der Waals surface area (Å²) in [5.41, 5.74) is 2.74. The van der Waals surface area contributed by atoms with Crippen molar-refractivity contribution < 1.29 is 4.92 Å². The van der Waals surface area contributed by atoms with E-state index in [1.165, 1.54) is 6.07 Å². The molecule has 2 aromatic carbocycles. The van der Waals surface area contributed by atoms with Gasteiger partial charge in [-0.15, -0.1) is 0 Å². The molecule has 0 heterocycles. The molecule has 0 N–H and O–H groups in total. The van der Waals surface area contributed by atoms with Gasteiger partial charge in [0.2, 0.25) is 0 Å². The molecule has 0 aliphatic heterocycles. The van der Waals surface area contributed by atoms with Crippen LogP contribution in [0, 0.1) is 17.0 Å². The third-order valence-electron chi connectivity index (χ3n) is 2.57. The van der Waals surface area contributed by atoms with Crippen LogP contribution in [0.5, 0.6) is 0 Å². The zero-order chi connectivity index (χ0) is 12.4. The molecular formula is C13H10ClNO2. The van der Waals surface area contributed by atoms with Crippen molar-refractivity contribution in [2.45, 2.75) is 6.92 Å². The predicted octanol–water partition coefficient (Wildman–Crippen LogP) is 4.22. The zero-order valence-corrected chi connectivity index (χ0v) is 9.94. The van der Waals surface area contributed by atoms with Crippen LogP contribution in [0.3, 0.4) is 0 Å². The normalized spacial score (nSPS) is 10.2. The molecule has 0 aliphatic rings. The first kappa shape index (κ1) is 11.6. The first-order chi connectivity index (χ1) is 8.08. The first-order valence-electron chi connectivity index (χ1n) is 5.09. The largest absolute Gasteiger partial charge is 0.272 e. The molecule has 0 saturated carbocycles. The lowest BCUT2D eigenvalue weighted by Gasteiger charge is -2.03. The number of nitro groups is 1. The summed E-state index contributed by atoms with van der Waals surface area (Å²) in [6.07, 6.45) is 0. The van der Waals surface area contributed by atoms with Gasteiger partial charge in [-0.25, -0.2) is 0 Å². The minimum atomic E-state index is -0.374. The Morgan fingerprint density at radius 1 is 1.06 bits per heavy atom. The number of benzene rings is 2. The van der Waals surface area contributed by atoms with Gasteiger partial charge in [-0.2, -0.15) is 0 Å². The summed E-state index contributed by atoms with van der Waals surface area (Å²) in [5, 5.41) is 11.4. The second-order valence-corrected chi connectivity index (χ2v) is 4.20. The molecule has 0 saturated heterocycles. The number of hydrogen-bond donors (Lipinski definition) is 0. The smallest absolute Gasteiger partial charge is 0.258 e. The van der Waals surface area contributed by atoms with Crippen LogP contribution >= 0.6 is 11.6 Å². The van der Waals surface area contributed by atoms with Gasteiger partial charge in [0, 0.05) is 16.7 Å². The second kappa shape index (κ2) is 4.55. The van der Waals surface area contributed by atoms with Crippen molar-refractivity contribution in [2.75, 3.05) is 0 Å².